The molecule has 3 unspecified atom stereocenters. The third kappa shape index (κ3) is 3.73. The van der Waals surface area contributed by atoms with Gasteiger partial charge in [-0.2, -0.15) is 5.26 Å². The standard InChI is InChI=1S/C16H26N2O2/c1-16(2,3)20-15(19)13-9-12(10-17)14(18-13)11-7-5-4-6-8-11/h11-14,18H,4-9H2,1-3H3. The molecule has 3 atom stereocenters. The second-order valence-electron chi connectivity index (χ2n) is 7.15. The van der Waals surface area contributed by atoms with Gasteiger partial charge in [0.05, 0.1) is 12.0 Å². The fraction of sp³-hybridized carbons (Fsp3) is 0.875. The largest absolute Gasteiger partial charge is 0.459 e. The fourth-order valence-electron chi connectivity index (χ4n) is 3.45. The lowest BCUT2D eigenvalue weighted by Gasteiger charge is -2.29. The number of carbonyl (C=O) groups excluding carboxylic acids is 1. The van der Waals surface area contributed by atoms with Gasteiger partial charge >= 0.3 is 5.97 Å². The number of hydrogen-bond acceptors (Lipinski definition) is 4. The van der Waals surface area contributed by atoms with Crippen molar-refractivity contribution in [1.29, 1.82) is 5.26 Å². The molecule has 0 aromatic heterocycles. The highest BCUT2D eigenvalue weighted by Crippen LogP contribution is 2.34. The van der Waals surface area contributed by atoms with Gasteiger partial charge in [-0.1, -0.05) is 19.3 Å². The van der Waals surface area contributed by atoms with Crippen LogP contribution in [0.5, 0.6) is 0 Å². The molecule has 0 aromatic carbocycles. The van der Waals surface area contributed by atoms with Crippen molar-refractivity contribution in [3.63, 3.8) is 0 Å². The third-order valence-electron chi connectivity index (χ3n) is 4.33. The zero-order valence-corrected chi connectivity index (χ0v) is 12.8. The smallest absolute Gasteiger partial charge is 0.323 e. The highest BCUT2D eigenvalue weighted by Gasteiger charge is 2.42. The molecule has 112 valence electrons. The molecular weight excluding hydrogens is 252 g/mol. The maximum absolute atomic E-state index is 12.2. The molecule has 0 radical (unpaired) electrons. The van der Waals surface area contributed by atoms with E-state index in [0.29, 0.717) is 12.3 Å². The van der Waals surface area contributed by atoms with Crippen LogP contribution < -0.4 is 5.32 Å². The van der Waals surface area contributed by atoms with Gasteiger partial charge in [0.1, 0.15) is 11.6 Å². The summed E-state index contributed by atoms with van der Waals surface area (Å²) in [4.78, 5) is 12.2. The number of carbonyl (C=O) groups is 1. The summed E-state index contributed by atoms with van der Waals surface area (Å²) in [5.74, 6) is 0.271. The SMILES string of the molecule is CC(C)(C)OC(=O)C1CC(C#N)C(C2CCCCC2)N1. The Labute approximate surface area is 121 Å². The van der Waals surface area contributed by atoms with Crippen molar-refractivity contribution >= 4 is 5.97 Å². The van der Waals surface area contributed by atoms with Gasteiger partial charge in [-0.05, 0) is 46.0 Å². The number of nitrogens with zero attached hydrogens (tertiary/aromatic N) is 1. The monoisotopic (exact) mass is 278 g/mol. The van der Waals surface area contributed by atoms with E-state index >= 15 is 0 Å². The predicted molar refractivity (Wildman–Crippen MR) is 76.9 cm³/mol. The van der Waals surface area contributed by atoms with Gasteiger partial charge < -0.3 is 4.74 Å². The van der Waals surface area contributed by atoms with Crippen LogP contribution in [0.25, 0.3) is 0 Å². The van der Waals surface area contributed by atoms with Crippen molar-refractivity contribution in [3.8, 4) is 6.07 Å². The molecule has 20 heavy (non-hydrogen) atoms. The van der Waals surface area contributed by atoms with Crippen molar-refractivity contribution in [3.05, 3.63) is 0 Å². The summed E-state index contributed by atoms with van der Waals surface area (Å²) < 4.78 is 5.44. The molecule has 1 heterocycles. The third-order valence-corrected chi connectivity index (χ3v) is 4.33. The average molecular weight is 278 g/mol. The van der Waals surface area contributed by atoms with Crippen LogP contribution >= 0.6 is 0 Å². The Bertz CT molecular complexity index is 388. The lowest BCUT2D eigenvalue weighted by atomic mass is 9.80. The minimum Gasteiger partial charge on any atom is -0.459 e. The molecule has 4 heteroatoms. The van der Waals surface area contributed by atoms with Crippen molar-refractivity contribution in [1.82, 2.24) is 5.32 Å². The molecule has 4 nitrogen and oxygen atoms in total. The summed E-state index contributed by atoms with van der Waals surface area (Å²) in [6.45, 7) is 5.63. The van der Waals surface area contributed by atoms with E-state index in [1.165, 1.54) is 32.1 Å². The first kappa shape index (κ1) is 15.3. The van der Waals surface area contributed by atoms with Crippen LogP contribution in [0.3, 0.4) is 0 Å². The molecule has 0 amide bonds. The summed E-state index contributed by atoms with van der Waals surface area (Å²) >= 11 is 0. The lowest BCUT2D eigenvalue weighted by Crippen LogP contribution is -2.43. The molecule has 1 aliphatic heterocycles. The van der Waals surface area contributed by atoms with Crippen LogP contribution in [-0.4, -0.2) is 23.7 Å². The highest BCUT2D eigenvalue weighted by molar-refractivity contribution is 5.76. The molecule has 0 bridgehead atoms. The van der Waals surface area contributed by atoms with Gasteiger partial charge in [0, 0.05) is 6.04 Å². The summed E-state index contributed by atoms with van der Waals surface area (Å²) in [7, 11) is 0. The van der Waals surface area contributed by atoms with Crippen LogP contribution in [0.1, 0.15) is 59.3 Å². The Morgan fingerprint density at radius 2 is 1.90 bits per heavy atom. The van der Waals surface area contributed by atoms with Gasteiger partial charge in [0.25, 0.3) is 0 Å². The number of ether oxygens (including phenoxy) is 1. The van der Waals surface area contributed by atoms with Crippen LogP contribution in [-0.2, 0) is 9.53 Å². The lowest BCUT2D eigenvalue weighted by molar-refractivity contribution is -0.157. The molecule has 2 fully saturated rings. The molecular formula is C16H26N2O2. The normalized spacial score (nSPS) is 31.8. The number of esters is 1. The van der Waals surface area contributed by atoms with Crippen LogP contribution in [0.4, 0.5) is 0 Å². The zero-order chi connectivity index (χ0) is 14.8. The highest BCUT2D eigenvalue weighted by atomic mass is 16.6. The first-order valence-corrected chi connectivity index (χ1v) is 7.79. The zero-order valence-electron chi connectivity index (χ0n) is 12.8. The average Bonchev–Trinajstić information content (AvgIpc) is 2.82. The Morgan fingerprint density at radius 1 is 1.25 bits per heavy atom. The molecule has 0 aromatic rings. The quantitative estimate of drug-likeness (QED) is 0.789. The van der Waals surface area contributed by atoms with Gasteiger partial charge in [-0.25, -0.2) is 0 Å². The van der Waals surface area contributed by atoms with E-state index in [0.717, 1.165) is 0 Å². The number of hydrogen-bond donors (Lipinski definition) is 1. The van der Waals surface area contributed by atoms with Gasteiger partial charge in [0.2, 0.25) is 0 Å². The minimum atomic E-state index is -0.468. The summed E-state index contributed by atoms with van der Waals surface area (Å²) in [5.41, 5.74) is -0.468. The number of nitrogens with one attached hydrogen (secondary N) is 1. The second kappa shape index (κ2) is 6.13. The van der Waals surface area contributed by atoms with E-state index in [9.17, 15) is 10.1 Å². The van der Waals surface area contributed by atoms with Crippen LogP contribution in [0, 0.1) is 23.2 Å². The van der Waals surface area contributed by atoms with E-state index in [4.69, 9.17) is 4.74 Å². The molecule has 1 N–H and O–H groups in total. The van der Waals surface area contributed by atoms with E-state index in [1.54, 1.807) is 0 Å². The van der Waals surface area contributed by atoms with Crippen molar-refractivity contribution in [2.45, 2.75) is 77.0 Å². The van der Waals surface area contributed by atoms with Gasteiger partial charge in [-0.3, -0.25) is 10.1 Å². The second-order valence-corrected chi connectivity index (χ2v) is 7.15. The van der Waals surface area contributed by atoms with E-state index < -0.39 is 5.60 Å². The number of nitriles is 1. The maximum atomic E-state index is 12.2. The topological polar surface area (TPSA) is 62.1 Å². The van der Waals surface area contributed by atoms with Crippen molar-refractivity contribution in [2.75, 3.05) is 0 Å². The first-order valence-electron chi connectivity index (χ1n) is 7.79. The van der Waals surface area contributed by atoms with E-state index in [1.807, 2.05) is 20.8 Å². The Balaban J connectivity index is 1.98. The van der Waals surface area contributed by atoms with Crippen LogP contribution in [0.15, 0.2) is 0 Å². The molecule has 1 aliphatic carbocycles. The summed E-state index contributed by atoms with van der Waals surface area (Å²) in [6.07, 6.45) is 6.74. The summed E-state index contributed by atoms with van der Waals surface area (Å²) in [6, 6.07) is 2.24. The Hall–Kier alpha value is -1.08. The van der Waals surface area contributed by atoms with Crippen LogP contribution in [0.2, 0.25) is 0 Å². The Morgan fingerprint density at radius 3 is 2.45 bits per heavy atom. The molecule has 0 spiro atoms. The molecule has 1 saturated carbocycles. The van der Waals surface area contributed by atoms with Gasteiger partial charge in [0.15, 0.2) is 0 Å². The molecule has 2 aliphatic rings. The molecule has 2 rings (SSSR count). The van der Waals surface area contributed by atoms with Gasteiger partial charge in [-0.15, -0.1) is 0 Å². The molecule has 1 saturated heterocycles. The maximum Gasteiger partial charge on any atom is 0.323 e. The van der Waals surface area contributed by atoms with Crippen molar-refractivity contribution < 1.29 is 9.53 Å². The van der Waals surface area contributed by atoms with E-state index in [2.05, 4.69) is 11.4 Å². The summed E-state index contributed by atoms with van der Waals surface area (Å²) in [5, 5.41) is 12.7. The number of rotatable bonds is 2. The Kier molecular flexibility index (Phi) is 4.70. The fourth-order valence-corrected chi connectivity index (χ4v) is 3.45. The minimum absolute atomic E-state index is 0.0596. The predicted octanol–water partition coefficient (Wildman–Crippen LogP) is 2.78. The van der Waals surface area contributed by atoms with E-state index in [-0.39, 0.29) is 24.0 Å². The first-order chi connectivity index (χ1) is 9.40. The van der Waals surface area contributed by atoms with Crippen molar-refractivity contribution in [2.24, 2.45) is 11.8 Å².